The molecule has 0 aliphatic heterocycles. The van der Waals surface area contributed by atoms with Crippen LogP contribution in [0.2, 0.25) is 0 Å². The maximum atomic E-state index is 12.1. The molecule has 1 rings (SSSR count). The van der Waals surface area contributed by atoms with Crippen molar-refractivity contribution in [1.29, 1.82) is 0 Å². The van der Waals surface area contributed by atoms with E-state index in [-0.39, 0.29) is 5.92 Å². The number of rotatable bonds is 9. The minimum atomic E-state index is 0.0928. The largest absolute Gasteiger partial charge is 0.478 e. The van der Waals surface area contributed by atoms with Gasteiger partial charge in [-0.15, -0.1) is 5.10 Å². The predicted molar refractivity (Wildman–Crippen MR) is 91.4 cm³/mol. The van der Waals surface area contributed by atoms with E-state index >= 15 is 0 Å². The first-order valence-electron chi connectivity index (χ1n) is 8.06. The molecule has 0 heterocycles. The fraction of sp³-hybridized carbons (Fsp3) is 0.706. The van der Waals surface area contributed by atoms with Crippen LogP contribution in [0.3, 0.4) is 0 Å². The van der Waals surface area contributed by atoms with Gasteiger partial charge in [-0.05, 0) is 39.3 Å². The topological polar surface area (TPSA) is 54.3 Å². The molecule has 0 aromatic heterocycles. The Kier molecular flexibility index (Phi) is 8.67. The average Bonchev–Trinajstić information content (AvgIpc) is 2.80. The number of allylic oxidation sites excluding steroid dienone is 2. The molecule has 1 fully saturated rings. The maximum absolute atomic E-state index is 12.1. The molecule has 124 valence electrons. The van der Waals surface area contributed by atoms with Gasteiger partial charge in [-0.2, -0.15) is 5.10 Å². The van der Waals surface area contributed by atoms with Crippen molar-refractivity contribution in [2.24, 2.45) is 22.0 Å². The van der Waals surface area contributed by atoms with E-state index in [0.717, 1.165) is 25.8 Å². The third-order valence-electron chi connectivity index (χ3n) is 3.96. The Morgan fingerprint density at radius 2 is 2.23 bits per heavy atom. The molecule has 0 N–H and O–H groups in total. The first kappa shape index (κ1) is 18.6. The second-order valence-corrected chi connectivity index (χ2v) is 5.98. The molecule has 1 aliphatic carbocycles. The lowest BCUT2D eigenvalue weighted by molar-refractivity contribution is -0.121. The minimum absolute atomic E-state index is 0.0928. The second kappa shape index (κ2) is 10.3. The Morgan fingerprint density at radius 1 is 1.45 bits per heavy atom. The Bertz CT molecular complexity index is 416. The highest BCUT2D eigenvalue weighted by molar-refractivity contribution is 5.85. The van der Waals surface area contributed by atoms with Gasteiger partial charge in [-0.25, -0.2) is 0 Å². The van der Waals surface area contributed by atoms with Gasteiger partial charge in [0.15, 0.2) is 0 Å². The number of Topliss-reactive ketones (excluding diaryl/α,β-unsaturated/α-hetero) is 1. The van der Waals surface area contributed by atoms with Crippen LogP contribution in [0.25, 0.3) is 0 Å². The van der Waals surface area contributed by atoms with E-state index in [2.05, 4.69) is 40.9 Å². The highest BCUT2D eigenvalue weighted by atomic mass is 16.5. The zero-order valence-corrected chi connectivity index (χ0v) is 14.1. The SMILES string of the molecule is C=N/N=C(/CC1CCC(=O)C1C/C=C/CC)OCCN(C)C. The summed E-state index contributed by atoms with van der Waals surface area (Å²) in [4.78, 5) is 14.1. The van der Waals surface area contributed by atoms with Gasteiger partial charge in [0.05, 0.1) is 0 Å². The van der Waals surface area contributed by atoms with Gasteiger partial charge < -0.3 is 9.64 Å². The quantitative estimate of drug-likeness (QED) is 0.285. The van der Waals surface area contributed by atoms with Gasteiger partial charge in [-0.3, -0.25) is 4.79 Å². The van der Waals surface area contributed by atoms with E-state index < -0.39 is 0 Å². The van der Waals surface area contributed by atoms with Gasteiger partial charge in [0.25, 0.3) is 0 Å². The number of ketones is 1. The summed E-state index contributed by atoms with van der Waals surface area (Å²) in [6.45, 7) is 6.90. The molecule has 0 aromatic carbocycles. The maximum Gasteiger partial charge on any atom is 0.208 e. The fourth-order valence-electron chi connectivity index (χ4n) is 2.73. The Balaban J connectivity index is 2.58. The van der Waals surface area contributed by atoms with Crippen LogP contribution in [0.4, 0.5) is 0 Å². The molecule has 0 bridgehead atoms. The first-order valence-corrected chi connectivity index (χ1v) is 8.06. The summed E-state index contributed by atoms with van der Waals surface area (Å²) in [5, 5.41) is 7.60. The van der Waals surface area contributed by atoms with Crippen LogP contribution in [-0.2, 0) is 9.53 Å². The molecule has 0 saturated heterocycles. The van der Waals surface area contributed by atoms with E-state index in [9.17, 15) is 4.79 Å². The molecule has 22 heavy (non-hydrogen) atoms. The van der Waals surface area contributed by atoms with Crippen LogP contribution in [0.5, 0.6) is 0 Å². The van der Waals surface area contributed by atoms with Crippen molar-refractivity contribution in [2.45, 2.75) is 39.0 Å². The summed E-state index contributed by atoms with van der Waals surface area (Å²) in [7, 11) is 4.00. The summed E-state index contributed by atoms with van der Waals surface area (Å²) in [5.41, 5.74) is 0. The highest BCUT2D eigenvalue weighted by Crippen LogP contribution is 2.34. The molecule has 2 atom stereocenters. The van der Waals surface area contributed by atoms with Crippen LogP contribution in [0.1, 0.15) is 39.0 Å². The third kappa shape index (κ3) is 6.52. The van der Waals surface area contributed by atoms with Gasteiger partial charge >= 0.3 is 0 Å². The standard InChI is InChI=1S/C17H29N3O2/c1-5-6-7-8-15-14(9-10-16(15)21)13-17(19-18-2)22-12-11-20(3)4/h6-7,14-15H,2,5,8-13H2,1,3-4H3/b7-6+,19-17-. The molecule has 2 unspecified atom stereocenters. The van der Waals surface area contributed by atoms with Gasteiger partial charge in [0.2, 0.25) is 5.90 Å². The van der Waals surface area contributed by atoms with Crippen LogP contribution >= 0.6 is 0 Å². The number of carbonyl (C=O) groups is 1. The van der Waals surface area contributed by atoms with E-state index in [1.807, 2.05) is 14.1 Å². The minimum Gasteiger partial charge on any atom is -0.478 e. The van der Waals surface area contributed by atoms with Crippen molar-refractivity contribution in [3.63, 3.8) is 0 Å². The monoisotopic (exact) mass is 307 g/mol. The summed E-state index contributed by atoms with van der Waals surface area (Å²) < 4.78 is 5.71. The lowest BCUT2D eigenvalue weighted by Gasteiger charge is -2.18. The molecular weight excluding hydrogens is 278 g/mol. The lowest BCUT2D eigenvalue weighted by Crippen LogP contribution is -2.23. The number of hydrogen-bond donors (Lipinski definition) is 0. The highest BCUT2D eigenvalue weighted by Gasteiger charge is 2.34. The fourth-order valence-corrected chi connectivity index (χ4v) is 2.73. The normalized spacial score (nSPS) is 22.7. The molecule has 0 radical (unpaired) electrons. The lowest BCUT2D eigenvalue weighted by atomic mass is 9.89. The molecule has 5 nitrogen and oxygen atoms in total. The van der Waals surface area contributed by atoms with Crippen LogP contribution in [0, 0.1) is 11.8 Å². The molecule has 0 spiro atoms. The first-order chi connectivity index (χ1) is 10.6. The zero-order chi connectivity index (χ0) is 16.4. The average molecular weight is 307 g/mol. The summed E-state index contributed by atoms with van der Waals surface area (Å²) in [6.07, 6.45) is 8.32. The van der Waals surface area contributed by atoms with E-state index in [0.29, 0.717) is 37.0 Å². The van der Waals surface area contributed by atoms with Crippen molar-refractivity contribution in [1.82, 2.24) is 4.90 Å². The summed E-state index contributed by atoms with van der Waals surface area (Å²) in [5.74, 6) is 1.36. The second-order valence-electron chi connectivity index (χ2n) is 5.98. The molecular formula is C17H29N3O2. The third-order valence-corrected chi connectivity index (χ3v) is 3.96. The molecule has 0 aromatic rings. The molecule has 5 heteroatoms. The number of hydrogen-bond acceptors (Lipinski definition) is 5. The van der Waals surface area contributed by atoms with E-state index in [1.165, 1.54) is 0 Å². The van der Waals surface area contributed by atoms with E-state index in [4.69, 9.17) is 4.74 Å². The van der Waals surface area contributed by atoms with Crippen molar-refractivity contribution in [3.8, 4) is 0 Å². The van der Waals surface area contributed by atoms with Crippen molar-refractivity contribution in [2.75, 3.05) is 27.2 Å². The molecule has 1 saturated carbocycles. The molecule has 0 amide bonds. The van der Waals surface area contributed by atoms with Gasteiger partial charge in [-0.1, -0.05) is 19.1 Å². The Hall–Kier alpha value is -1.49. The number of likely N-dealkylation sites (N-methyl/N-ethyl adjacent to an activating group) is 1. The summed E-state index contributed by atoms with van der Waals surface area (Å²) >= 11 is 0. The number of nitrogens with zero attached hydrogens (tertiary/aromatic N) is 3. The van der Waals surface area contributed by atoms with Crippen molar-refractivity contribution < 1.29 is 9.53 Å². The number of carbonyl (C=O) groups excluding carboxylic acids is 1. The van der Waals surface area contributed by atoms with Gasteiger partial charge in [0.1, 0.15) is 12.4 Å². The number of ether oxygens (including phenoxy) is 1. The Labute approximate surface area is 134 Å². The van der Waals surface area contributed by atoms with Gasteiger partial charge in [0, 0.05) is 32.0 Å². The predicted octanol–water partition coefficient (Wildman–Crippen LogP) is 2.92. The summed E-state index contributed by atoms with van der Waals surface area (Å²) in [6, 6.07) is 0. The van der Waals surface area contributed by atoms with Crippen LogP contribution in [-0.4, -0.2) is 50.5 Å². The zero-order valence-electron chi connectivity index (χ0n) is 14.1. The molecule has 1 aliphatic rings. The smallest absolute Gasteiger partial charge is 0.208 e. The van der Waals surface area contributed by atoms with Crippen LogP contribution in [0.15, 0.2) is 22.4 Å². The van der Waals surface area contributed by atoms with Crippen molar-refractivity contribution >= 4 is 18.4 Å². The van der Waals surface area contributed by atoms with Crippen molar-refractivity contribution in [3.05, 3.63) is 12.2 Å². The van der Waals surface area contributed by atoms with Crippen LogP contribution < -0.4 is 0 Å². The van der Waals surface area contributed by atoms with E-state index in [1.54, 1.807) is 0 Å². The Morgan fingerprint density at radius 3 is 2.86 bits per heavy atom.